The van der Waals surface area contributed by atoms with Gasteiger partial charge in [0.15, 0.2) is 0 Å². The number of esters is 1. The van der Waals surface area contributed by atoms with E-state index >= 15 is 0 Å². The first-order valence-corrected chi connectivity index (χ1v) is 11.7. The van der Waals surface area contributed by atoms with E-state index in [0.29, 0.717) is 27.2 Å². The molecule has 0 unspecified atom stereocenters. The molecule has 0 saturated carbocycles. The zero-order chi connectivity index (χ0) is 26.7. The minimum Gasteiger partial charge on any atom is -0.495 e. The Balaban J connectivity index is 0.000000425. The fraction of sp³-hybridized carbons (Fsp3) is 0.259. The molecule has 9 heteroatoms. The molecular weight excluding hydrogens is 503 g/mol. The summed E-state index contributed by atoms with van der Waals surface area (Å²) in [5, 5.41) is 12.0. The normalized spacial score (nSPS) is 10.0. The van der Waals surface area contributed by atoms with Crippen LogP contribution in [0.5, 0.6) is 5.75 Å². The summed E-state index contributed by atoms with van der Waals surface area (Å²) in [6.07, 6.45) is 1.43. The Kier molecular flexibility index (Phi) is 11.2. The predicted octanol–water partition coefficient (Wildman–Crippen LogP) is 5.62. The van der Waals surface area contributed by atoms with Crippen molar-refractivity contribution in [3.05, 3.63) is 75.3 Å². The van der Waals surface area contributed by atoms with Crippen molar-refractivity contribution in [2.45, 2.75) is 19.8 Å². The molecule has 7 nitrogen and oxygen atoms in total. The van der Waals surface area contributed by atoms with E-state index < -0.39 is 11.9 Å². The lowest BCUT2D eigenvalue weighted by Gasteiger charge is -2.23. The zero-order valence-electron chi connectivity index (χ0n) is 20.2. The van der Waals surface area contributed by atoms with Crippen molar-refractivity contribution in [2.24, 2.45) is 0 Å². The Hall–Kier alpha value is -3.60. The maximum atomic E-state index is 13.3. The fourth-order valence-electron chi connectivity index (χ4n) is 3.43. The van der Waals surface area contributed by atoms with Gasteiger partial charge >= 0.3 is 5.97 Å². The molecule has 1 amide bonds. The Morgan fingerprint density at radius 3 is 2.39 bits per heavy atom. The third-order valence-electron chi connectivity index (χ3n) is 5.20. The molecule has 0 N–H and O–H groups in total. The monoisotopic (exact) mass is 528 g/mol. The van der Waals surface area contributed by atoms with Crippen LogP contribution in [-0.2, 0) is 14.3 Å². The molecule has 0 aliphatic carbocycles. The van der Waals surface area contributed by atoms with Crippen LogP contribution in [0.15, 0.2) is 48.5 Å². The number of fused-ring (bicyclic) bond motifs is 1. The summed E-state index contributed by atoms with van der Waals surface area (Å²) in [6.45, 7) is 1.91. The second-order valence-corrected chi connectivity index (χ2v) is 8.51. The molecule has 0 bridgehead atoms. The maximum Gasteiger partial charge on any atom is 0.325 e. The number of amides is 1. The number of carbonyl (C=O) groups excluding carboxylic acids is 3. The summed E-state index contributed by atoms with van der Waals surface area (Å²) in [5.41, 5.74) is 1.57. The van der Waals surface area contributed by atoms with Crippen LogP contribution in [0, 0.1) is 18.3 Å². The maximum absolute atomic E-state index is 13.3. The van der Waals surface area contributed by atoms with Crippen LogP contribution in [0.25, 0.3) is 10.8 Å². The van der Waals surface area contributed by atoms with E-state index in [9.17, 15) is 19.6 Å². The SMILES string of the molecule is COC(=O)CN(CCCC=O)C(=O)c1c(OC)c(C#N)cc2ccccc12.Cc1ccc(Cl)c(Cl)c1. The van der Waals surface area contributed by atoms with E-state index in [1.54, 1.807) is 36.4 Å². The predicted molar refractivity (Wildman–Crippen MR) is 140 cm³/mol. The van der Waals surface area contributed by atoms with E-state index in [2.05, 4.69) is 4.74 Å². The number of halogens is 2. The van der Waals surface area contributed by atoms with Gasteiger partial charge in [0.25, 0.3) is 5.91 Å². The molecule has 0 fully saturated rings. The number of ether oxygens (including phenoxy) is 2. The van der Waals surface area contributed by atoms with E-state index in [4.69, 9.17) is 27.9 Å². The van der Waals surface area contributed by atoms with Crippen molar-refractivity contribution in [2.75, 3.05) is 27.3 Å². The van der Waals surface area contributed by atoms with Gasteiger partial charge in [-0.05, 0) is 47.9 Å². The molecule has 0 aliphatic rings. The molecule has 0 atom stereocenters. The molecule has 36 heavy (non-hydrogen) atoms. The zero-order valence-corrected chi connectivity index (χ0v) is 21.7. The summed E-state index contributed by atoms with van der Waals surface area (Å²) < 4.78 is 10.0. The van der Waals surface area contributed by atoms with Gasteiger partial charge in [0, 0.05) is 13.0 Å². The molecule has 0 aliphatic heterocycles. The van der Waals surface area contributed by atoms with Crippen LogP contribution in [-0.4, -0.2) is 50.4 Å². The van der Waals surface area contributed by atoms with Crippen LogP contribution in [0.4, 0.5) is 0 Å². The summed E-state index contributed by atoms with van der Waals surface area (Å²) in [4.78, 5) is 37.0. The molecule has 3 aromatic carbocycles. The molecule has 3 aromatic rings. The highest BCUT2D eigenvalue weighted by atomic mass is 35.5. The lowest BCUT2D eigenvalue weighted by Crippen LogP contribution is -2.37. The fourth-order valence-corrected chi connectivity index (χ4v) is 3.79. The second kappa shape index (κ2) is 14.1. The third kappa shape index (κ3) is 7.45. The average Bonchev–Trinajstić information content (AvgIpc) is 2.89. The van der Waals surface area contributed by atoms with E-state index in [1.807, 2.05) is 25.1 Å². The molecule has 3 rings (SSSR count). The number of hydrogen-bond donors (Lipinski definition) is 0. The molecular formula is C27H26Cl2N2O5. The number of aldehydes is 1. The number of unbranched alkanes of at least 4 members (excludes halogenated alkanes) is 1. The highest BCUT2D eigenvalue weighted by Crippen LogP contribution is 2.33. The van der Waals surface area contributed by atoms with Crippen molar-refractivity contribution in [1.29, 1.82) is 5.26 Å². The first kappa shape index (κ1) is 28.6. The smallest absolute Gasteiger partial charge is 0.325 e. The van der Waals surface area contributed by atoms with Crippen LogP contribution in [0.3, 0.4) is 0 Å². The number of carbonyl (C=O) groups is 3. The Labute approximate surface area is 220 Å². The first-order valence-electron chi connectivity index (χ1n) is 11.0. The summed E-state index contributed by atoms with van der Waals surface area (Å²) in [6, 6.07) is 16.4. The first-order chi connectivity index (χ1) is 17.3. The molecule has 0 radical (unpaired) electrons. The van der Waals surface area contributed by atoms with Crippen LogP contribution in [0.1, 0.15) is 34.3 Å². The van der Waals surface area contributed by atoms with Gasteiger partial charge in [0.05, 0.1) is 35.4 Å². The minimum atomic E-state index is -0.575. The number of nitriles is 1. The Morgan fingerprint density at radius 2 is 1.81 bits per heavy atom. The van der Waals surface area contributed by atoms with Gasteiger partial charge in [0.2, 0.25) is 0 Å². The molecule has 0 aromatic heterocycles. The van der Waals surface area contributed by atoms with Gasteiger partial charge < -0.3 is 19.2 Å². The number of methoxy groups -OCH3 is 2. The standard InChI is InChI=1S/C20H20N2O5.C7H6Cl2/c1-26-17(24)13-22(9-5-6-10-23)20(25)18-16-8-4-3-7-14(16)11-15(12-21)19(18)27-2;1-5-2-3-6(8)7(9)4-5/h3-4,7-8,10-11H,5-6,9,13H2,1-2H3;2-4H,1H3. The summed E-state index contributed by atoms with van der Waals surface area (Å²) >= 11 is 11.3. The molecule has 0 saturated heterocycles. The Bertz CT molecular complexity index is 1290. The molecule has 188 valence electrons. The number of nitrogens with zero attached hydrogens (tertiary/aromatic N) is 2. The van der Waals surface area contributed by atoms with E-state index in [0.717, 1.165) is 11.8 Å². The van der Waals surface area contributed by atoms with Crippen LogP contribution < -0.4 is 4.74 Å². The van der Waals surface area contributed by atoms with Gasteiger partial charge in [0.1, 0.15) is 24.6 Å². The summed E-state index contributed by atoms with van der Waals surface area (Å²) in [7, 11) is 2.63. The van der Waals surface area contributed by atoms with Gasteiger partial charge in [-0.2, -0.15) is 5.26 Å². The molecule has 0 heterocycles. The quantitative estimate of drug-likeness (QED) is 0.214. The van der Waals surface area contributed by atoms with E-state index in [-0.39, 0.29) is 36.4 Å². The van der Waals surface area contributed by atoms with Crippen molar-refractivity contribution in [3.8, 4) is 11.8 Å². The number of hydrogen-bond acceptors (Lipinski definition) is 6. The van der Waals surface area contributed by atoms with Crippen molar-refractivity contribution in [3.63, 3.8) is 0 Å². The van der Waals surface area contributed by atoms with Crippen molar-refractivity contribution in [1.82, 2.24) is 4.90 Å². The number of benzene rings is 3. The third-order valence-corrected chi connectivity index (χ3v) is 5.94. The van der Waals surface area contributed by atoms with Gasteiger partial charge in [-0.1, -0.05) is 53.5 Å². The topological polar surface area (TPSA) is 96.7 Å². The average molecular weight is 529 g/mol. The Morgan fingerprint density at radius 1 is 1.08 bits per heavy atom. The van der Waals surface area contributed by atoms with Crippen LogP contribution >= 0.6 is 23.2 Å². The number of rotatable bonds is 8. The van der Waals surface area contributed by atoms with Crippen molar-refractivity contribution < 1.29 is 23.9 Å². The summed E-state index contributed by atoms with van der Waals surface area (Å²) in [5.74, 6) is -0.878. The largest absolute Gasteiger partial charge is 0.495 e. The second-order valence-electron chi connectivity index (χ2n) is 7.69. The van der Waals surface area contributed by atoms with Crippen molar-refractivity contribution >= 4 is 52.1 Å². The lowest BCUT2D eigenvalue weighted by molar-refractivity contribution is -0.141. The van der Waals surface area contributed by atoms with Crippen LogP contribution in [0.2, 0.25) is 10.0 Å². The minimum absolute atomic E-state index is 0.159. The molecule has 0 spiro atoms. The number of aryl methyl sites for hydroxylation is 1. The highest BCUT2D eigenvalue weighted by molar-refractivity contribution is 6.42. The van der Waals surface area contributed by atoms with Gasteiger partial charge in [-0.25, -0.2) is 0 Å². The van der Waals surface area contributed by atoms with Gasteiger partial charge in [-0.15, -0.1) is 0 Å². The lowest BCUT2D eigenvalue weighted by atomic mass is 9.98. The van der Waals surface area contributed by atoms with Gasteiger partial charge in [-0.3, -0.25) is 9.59 Å². The highest BCUT2D eigenvalue weighted by Gasteiger charge is 2.26. The van der Waals surface area contributed by atoms with E-state index in [1.165, 1.54) is 19.1 Å².